The third-order valence-electron chi connectivity index (χ3n) is 7.56. The summed E-state index contributed by atoms with van der Waals surface area (Å²) in [5, 5.41) is 6.57. The number of ether oxygens (including phenoxy) is 2. The minimum Gasteiger partial charge on any atom is -0.451 e. The minimum atomic E-state index is -0.622. The van der Waals surface area contributed by atoms with E-state index in [4.69, 9.17) is 21.1 Å². The lowest BCUT2D eigenvalue weighted by Crippen LogP contribution is -2.37. The van der Waals surface area contributed by atoms with Gasteiger partial charge in [0, 0.05) is 50.0 Å². The predicted molar refractivity (Wildman–Crippen MR) is 160 cm³/mol. The van der Waals surface area contributed by atoms with Gasteiger partial charge in [-0.3, -0.25) is 14.5 Å². The van der Waals surface area contributed by atoms with Crippen LogP contribution in [0, 0.1) is 5.82 Å². The Labute approximate surface area is 244 Å². The molecule has 41 heavy (non-hydrogen) atoms. The zero-order chi connectivity index (χ0) is 28.9. The number of likely N-dealkylation sites (N-methyl/N-ethyl adjacent to an activating group) is 1. The van der Waals surface area contributed by atoms with Gasteiger partial charge in [-0.15, -0.1) is 0 Å². The fraction of sp³-hybridized carbons (Fsp3) is 0.467. The van der Waals surface area contributed by atoms with E-state index >= 15 is 4.39 Å². The van der Waals surface area contributed by atoms with Crippen molar-refractivity contribution >= 4 is 34.1 Å². The van der Waals surface area contributed by atoms with Gasteiger partial charge in [0.15, 0.2) is 17.3 Å². The van der Waals surface area contributed by atoms with Crippen molar-refractivity contribution in [3.8, 4) is 17.2 Å². The number of morpholine rings is 1. The van der Waals surface area contributed by atoms with E-state index < -0.39 is 17.2 Å². The highest BCUT2D eigenvalue weighted by Crippen LogP contribution is 2.45. The molecule has 1 aromatic heterocycles. The summed E-state index contributed by atoms with van der Waals surface area (Å²) in [7, 11) is 2.00. The smallest absolute Gasteiger partial charge is 0.256 e. The fourth-order valence-electron chi connectivity index (χ4n) is 5.26. The Kier molecular flexibility index (Phi) is 9.44. The number of fused-ring (bicyclic) bond motifs is 2. The van der Waals surface area contributed by atoms with Crippen LogP contribution in [0.1, 0.15) is 36.5 Å². The Balaban J connectivity index is 1.45. The molecule has 1 saturated heterocycles. The molecule has 0 spiro atoms. The van der Waals surface area contributed by atoms with Gasteiger partial charge >= 0.3 is 0 Å². The zero-order valence-electron chi connectivity index (χ0n) is 23.6. The molecule has 1 amide bonds. The average Bonchev–Trinajstić information content (AvgIpc) is 2.96. The molecule has 3 heterocycles. The van der Waals surface area contributed by atoms with Gasteiger partial charge in [-0.05, 0) is 51.2 Å². The molecule has 0 atom stereocenters. The maximum Gasteiger partial charge on any atom is 0.256 e. The van der Waals surface area contributed by atoms with Crippen molar-refractivity contribution in [3.05, 3.63) is 57.1 Å². The van der Waals surface area contributed by atoms with Crippen LogP contribution in [0.5, 0.6) is 11.5 Å². The summed E-state index contributed by atoms with van der Waals surface area (Å²) in [6.07, 6.45) is 4.47. The van der Waals surface area contributed by atoms with E-state index in [2.05, 4.69) is 27.4 Å². The first-order chi connectivity index (χ1) is 19.9. The highest BCUT2D eigenvalue weighted by Gasteiger charge is 2.28. The number of carbonyl (C=O) groups is 1. The third-order valence-corrected chi connectivity index (χ3v) is 7.80. The summed E-state index contributed by atoms with van der Waals surface area (Å²) < 4.78 is 28.9. The number of anilines is 1. The van der Waals surface area contributed by atoms with Crippen LogP contribution in [0.4, 0.5) is 10.1 Å². The van der Waals surface area contributed by atoms with Crippen molar-refractivity contribution in [2.75, 3.05) is 71.4 Å². The van der Waals surface area contributed by atoms with Gasteiger partial charge in [0.05, 0.1) is 24.3 Å². The number of hydrogen-bond acceptors (Lipinski definition) is 7. The average molecular weight is 586 g/mol. The van der Waals surface area contributed by atoms with Crippen molar-refractivity contribution in [1.82, 2.24) is 19.7 Å². The summed E-state index contributed by atoms with van der Waals surface area (Å²) in [4.78, 5) is 31.2. The molecule has 220 valence electrons. The molecule has 2 aliphatic heterocycles. The Bertz CT molecular complexity index is 1470. The van der Waals surface area contributed by atoms with Crippen molar-refractivity contribution in [3.63, 3.8) is 0 Å². The number of amides is 1. The molecule has 2 aromatic carbocycles. The van der Waals surface area contributed by atoms with E-state index in [9.17, 15) is 9.59 Å². The molecule has 11 heteroatoms. The van der Waals surface area contributed by atoms with Crippen molar-refractivity contribution < 1.29 is 18.7 Å². The standard InChI is InChI=1S/C30H37ClFN5O4/c1-3-4-10-35(2)12-9-34-30(39)22-19-37-24-7-6-20(31)17-25(24)41-29-26(23(32)18-21(27(29)37)28(22)38)33-8-5-11-36-13-15-40-16-14-36/h6-7,17-19,33H,3-5,8-16H2,1-2H3,(H,34,39). The largest absolute Gasteiger partial charge is 0.451 e. The summed E-state index contributed by atoms with van der Waals surface area (Å²) in [6.45, 7) is 8.68. The molecule has 1 fully saturated rings. The number of aromatic nitrogens is 1. The number of nitrogens with one attached hydrogen (secondary N) is 2. The van der Waals surface area contributed by atoms with E-state index in [1.165, 1.54) is 12.3 Å². The number of pyridine rings is 1. The van der Waals surface area contributed by atoms with Crippen LogP contribution in [0.3, 0.4) is 0 Å². The van der Waals surface area contributed by atoms with Crippen LogP contribution in [0.2, 0.25) is 5.02 Å². The quantitative estimate of drug-likeness (QED) is 0.237. The first-order valence-electron chi connectivity index (χ1n) is 14.3. The topological polar surface area (TPSA) is 88.1 Å². The normalized spacial score (nSPS) is 14.7. The number of benzene rings is 2. The molecule has 0 radical (unpaired) electrons. The zero-order valence-corrected chi connectivity index (χ0v) is 24.4. The third kappa shape index (κ3) is 6.51. The van der Waals surface area contributed by atoms with Crippen LogP contribution in [0.25, 0.3) is 16.6 Å². The summed E-state index contributed by atoms with van der Waals surface area (Å²) in [5.41, 5.74) is 0.564. The SMILES string of the molecule is CCCCN(C)CCNC(=O)c1cn2c3c(c(NCCCN4CCOCC4)c(F)cc3c1=O)Oc1cc(Cl)ccc1-2. The molecule has 0 aliphatic carbocycles. The second-order valence-electron chi connectivity index (χ2n) is 10.6. The highest BCUT2D eigenvalue weighted by molar-refractivity contribution is 6.30. The van der Waals surface area contributed by atoms with Gasteiger partial charge in [-0.2, -0.15) is 0 Å². The van der Waals surface area contributed by atoms with Crippen LogP contribution in [-0.2, 0) is 4.74 Å². The lowest BCUT2D eigenvalue weighted by Gasteiger charge is -2.27. The minimum absolute atomic E-state index is 0.0620. The van der Waals surface area contributed by atoms with E-state index in [0.717, 1.165) is 58.7 Å². The van der Waals surface area contributed by atoms with Gasteiger partial charge in [0.1, 0.15) is 16.8 Å². The molecule has 3 aromatic rings. The fourth-order valence-corrected chi connectivity index (χ4v) is 5.42. The summed E-state index contributed by atoms with van der Waals surface area (Å²) in [5.74, 6) is -0.523. The maximum atomic E-state index is 15.6. The molecule has 2 aliphatic rings. The molecule has 0 unspecified atom stereocenters. The first kappa shape index (κ1) is 29.3. The second kappa shape index (κ2) is 13.2. The van der Waals surface area contributed by atoms with Crippen LogP contribution >= 0.6 is 11.6 Å². The Morgan fingerprint density at radius 2 is 1.95 bits per heavy atom. The van der Waals surface area contributed by atoms with Gasteiger partial charge in [-0.1, -0.05) is 24.9 Å². The maximum absolute atomic E-state index is 15.6. The van der Waals surface area contributed by atoms with Gasteiger partial charge in [-0.25, -0.2) is 4.39 Å². The predicted octanol–water partition coefficient (Wildman–Crippen LogP) is 4.48. The molecule has 9 nitrogen and oxygen atoms in total. The number of hydrogen-bond donors (Lipinski definition) is 2. The summed E-state index contributed by atoms with van der Waals surface area (Å²) in [6, 6.07) is 6.30. The van der Waals surface area contributed by atoms with E-state index in [1.54, 1.807) is 22.8 Å². The lowest BCUT2D eigenvalue weighted by molar-refractivity contribution is 0.0378. The molecule has 0 saturated carbocycles. The van der Waals surface area contributed by atoms with Crippen molar-refractivity contribution in [2.24, 2.45) is 0 Å². The molecule has 0 bridgehead atoms. The van der Waals surface area contributed by atoms with Gasteiger partial charge in [0.2, 0.25) is 5.43 Å². The Hall–Kier alpha value is -3.18. The number of nitrogens with zero attached hydrogens (tertiary/aromatic N) is 3. The van der Waals surface area contributed by atoms with Crippen LogP contribution < -0.4 is 20.8 Å². The van der Waals surface area contributed by atoms with Crippen LogP contribution in [-0.4, -0.2) is 86.3 Å². The number of carbonyl (C=O) groups excluding carboxylic acids is 1. The van der Waals surface area contributed by atoms with Gasteiger partial charge < -0.3 is 29.6 Å². The number of halogens is 2. The molecule has 5 rings (SSSR count). The first-order valence-corrected chi connectivity index (χ1v) is 14.7. The van der Waals surface area contributed by atoms with Crippen LogP contribution in [0.15, 0.2) is 35.3 Å². The molecular formula is C30H37ClFN5O4. The van der Waals surface area contributed by atoms with E-state index in [0.29, 0.717) is 41.6 Å². The Morgan fingerprint density at radius 1 is 1.15 bits per heavy atom. The highest BCUT2D eigenvalue weighted by atomic mass is 35.5. The summed E-state index contributed by atoms with van der Waals surface area (Å²) >= 11 is 6.26. The number of rotatable bonds is 12. The monoisotopic (exact) mass is 585 g/mol. The molecule has 2 N–H and O–H groups in total. The van der Waals surface area contributed by atoms with E-state index in [-0.39, 0.29) is 22.4 Å². The molecular weight excluding hydrogens is 549 g/mol. The number of unbranched alkanes of at least 4 members (excludes halogenated alkanes) is 1. The van der Waals surface area contributed by atoms with Gasteiger partial charge in [0.25, 0.3) is 5.91 Å². The van der Waals surface area contributed by atoms with E-state index in [1.807, 2.05) is 7.05 Å². The second-order valence-corrected chi connectivity index (χ2v) is 11.0. The van der Waals surface area contributed by atoms with Crippen molar-refractivity contribution in [1.29, 1.82) is 0 Å². The Morgan fingerprint density at radius 3 is 2.73 bits per heavy atom. The lowest BCUT2D eigenvalue weighted by atomic mass is 10.1. The van der Waals surface area contributed by atoms with Crippen molar-refractivity contribution in [2.45, 2.75) is 26.2 Å².